The van der Waals surface area contributed by atoms with Crippen molar-refractivity contribution >= 4 is 17.9 Å². The van der Waals surface area contributed by atoms with E-state index >= 15 is 0 Å². The molecule has 0 saturated carbocycles. The second-order valence-corrected chi connectivity index (χ2v) is 7.33. The van der Waals surface area contributed by atoms with Gasteiger partial charge in [0.1, 0.15) is 0 Å². The van der Waals surface area contributed by atoms with Crippen molar-refractivity contribution in [3.63, 3.8) is 0 Å². The normalized spacial score (nSPS) is 15.3. The maximum atomic E-state index is 13.3. The van der Waals surface area contributed by atoms with E-state index in [1.54, 1.807) is 12.1 Å². The van der Waals surface area contributed by atoms with Crippen LogP contribution in [0.25, 0.3) is 6.08 Å². The molecule has 0 spiro atoms. The second-order valence-electron chi connectivity index (χ2n) is 7.33. The van der Waals surface area contributed by atoms with Gasteiger partial charge in [-0.25, -0.2) is 8.78 Å². The minimum Gasteiger partial charge on any atom is -0.352 e. The molecular weight excluding hydrogens is 388 g/mol. The zero-order valence-corrected chi connectivity index (χ0v) is 16.6. The van der Waals surface area contributed by atoms with E-state index in [4.69, 9.17) is 0 Å². The topological polar surface area (TPSA) is 61.4 Å². The third-order valence-corrected chi connectivity index (χ3v) is 4.99. The highest BCUT2D eigenvalue weighted by molar-refractivity contribution is 5.94. The Morgan fingerprint density at radius 1 is 1.03 bits per heavy atom. The maximum Gasteiger partial charge on any atom is 0.244 e. The van der Waals surface area contributed by atoms with Crippen LogP contribution in [0.3, 0.4) is 0 Å². The van der Waals surface area contributed by atoms with Gasteiger partial charge >= 0.3 is 0 Å². The molecule has 1 aliphatic rings. The van der Waals surface area contributed by atoms with Crippen LogP contribution in [-0.4, -0.2) is 42.4 Å². The Kier molecular flexibility index (Phi) is 7.68. The molecule has 2 aromatic carbocycles. The monoisotopic (exact) mass is 413 g/mol. The molecule has 0 aromatic heterocycles. The van der Waals surface area contributed by atoms with Crippen LogP contribution >= 0.6 is 0 Å². The van der Waals surface area contributed by atoms with Crippen LogP contribution in [0.2, 0.25) is 0 Å². The van der Waals surface area contributed by atoms with E-state index in [1.807, 2.05) is 30.3 Å². The third-order valence-electron chi connectivity index (χ3n) is 4.99. The fourth-order valence-electron chi connectivity index (χ4n) is 3.37. The molecule has 1 saturated heterocycles. The highest BCUT2D eigenvalue weighted by atomic mass is 19.2. The van der Waals surface area contributed by atoms with Crippen molar-refractivity contribution in [1.29, 1.82) is 0 Å². The Hall–Kier alpha value is -3.06. The summed E-state index contributed by atoms with van der Waals surface area (Å²) in [7, 11) is 0. The molecule has 3 rings (SSSR count). The number of hydrogen-bond donors (Lipinski definition) is 2. The van der Waals surface area contributed by atoms with Crippen LogP contribution in [0.15, 0.2) is 54.6 Å². The van der Waals surface area contributed by atoms with Crippen LogP contribution in [0.4, 0.5) is 8.78 Å². The number of halogens is 2. The molecule has 2 amide bonds. The van der Waals surface area contributed by atoms with Crippen molar-refractivity contribution in [2.24, 2.45) is 0 Å². The largest absolute Gasteiger partial charge is 0.352 e. The Labute approximate surface area is 174 Å². The maximum absolute atomic E-state index is 13.3. The molecule has 0 bridgehead atoms. The Bertz CT molecular complexity index is 895. The molecule has 0 aliphatic carbocycles. The Morgan fingerprint density at radius 3 is 2.47 bits per heavy atom. The molecule has 158 valence electrons. The summed E-state index contributed by atoms with van der Waals surface area (Å²) in [5.41, 5.74) is 1.63. The highest BCUT2D eigenvalue weighted by Gasteiger charge is 2.21. The molecule has 2 aromatic rings. The van der Waals surface area contributed by atoms with E-state index in [-0.39, 0.29) is 24.4 Å². The number of likely N-dealkylation sites (tertiary alicyclic amines) is 1. The lowest BCUT2D eigenvalue weighted by Crippen LogP contribution is -2.47. The van der Waals surface area contributed by atoms with E-state index in [0.29, 0.717) is 6.54 Å². The van der Waals surface area contributed by atoms with Gasteiger partial charge in [0.05, 0.1) is 6.54 Å². The summed E-state index contributed by atoms with van der Waals surface area (Å²) in [5, 5.41) is 5.51. The van der Waals surface area contributed by atoms with Crippen LogP contribution in [0.1, 0.15) is 24.0 Å². The predicted octanol–water partition coefficient (Wildman–Crippen LogP) is 2.88. The molecule has 30 heavy (non-hydrogen) atoms. The number of benzene rings is 2. The van der Waals surface area contributed by atoms with Crippen LogP contribution < -0.4 is 10.6 Å². The van der Waals surface area contributed by atoms with E-state index < -0.39 is 11.6 Å². The Morgan fingerprint density at radius 2 is 1.77 bits per heavy atom. The summed E-state index contributed by atoms with van der Waals surface area (Å²) in [6.07, 6.45) is 4.61. The standard InChI is InChI=1S/C23H25F2N3O2/c24-20-8-6-18(14-21(20)25)16-28-12-10-19(11-13-28)27-23(30)15-26-22(29)9-7-17-4-2-1-3-5-17/h1-9,14,19H,10-13,15-16H2,(H,26,29)(H,27,30)/b9-7+. The molecule has 1 heterocycles. The van der Waals surface area contributed by atoms with Crippen molar-refractivity contribution < 1.29 is 18.4 Å². The quantitative estimate of drug-likeness (QED) is 0.687. The minimum absolute atomic E-state index is 0.0375. The lowest BCUT2D eigenvalue weighted by atomic mass is 10.0. The van der Waals surface area contributed by atoms with Gasteiger partial charge in [0.25, 0.3) is 0 Å². The molecule has 0 unspecified atom stereocenters. The lowest BCUT2D eigenvalue weighted by Gasteiger charge is -2.32. The summed E-state index contributed by atoms with van der Waals surface area (Å²) in [6, 6.07) is 13.4. The van der Waals surface area contributed by atoms with Gasteiger partial charge in [-0.15, -0.1) is 0 Å². The minimum atomic E-state index is -0.845. The first-order valence-electron chi connectivity index (χ1n) is 9.96. The molecule has 1 aliphatic heterocycles. The summed E-state index contributed by atoms with van der Waals surface area (Å²) < 4.78 is 26.4. The van der Waals surface area contributed by atoms with E-state index in [0.717, 1.165) is 43.1 Å². The number of rotatable bonds is 7. The van der Waals surface area contributed by atoms with Crippen molar-refractivity contribution in [2.45, 2.75) is 25.4 Å². The first kappa shape index (κ1) is 21.6. The fraction of sp³-hybridized carbons (Fsp3) is 0.304. The summed E-state index contributed by atoms with van der Waals surface area (Å²) in [6.45, 7) is 1.96. The lowest BCUT2D eigenvalue weighted by molar-refractivity contribution is -0.124. The second kappa shape index (κ2) is 10.6. The first-order chi connectivity index (χ1) is 14.5. The average molecular weight is 413 g/mol. The van der Waals surface area contributed by atoms with Crippen molar-refractivity contribution in [3.8, 4) is 0 Å². The third kappa shape index (κ3) is 6.77. The molecule has 5 nitrogen and oxygen atoms in total. The predicted molar refractivity (Wildman–Crippen MR) is 111 cm³/mol. The smallest absolute Gasteiger partial charge is 0.244 e. The number of amides is 2. The van der Waals surface area contributed by atoms with Gasteiger partial charge in [-0.1, -0.05) is 36.4 Å². The van der Waals surface area contributed by atoms with E-state index in [2.05, 4.69) is 15.5 Å². The number of hydrogen-bond acceptors (Lipinski definition) is 3. The summed E-state index contributed by atoms with van der Waals surface area (Å²) in [5.74, 6) is -2.23. The molecule has 0 radical (unpaired) electrons. The van der Waals surface area contributed by atoms with Gasteiger partial charge in [-0.2, -0.15) is 0 Å². The highest BCUT2D eigenvalue weighted by Crippen LogP contribution is 2.15. The molecule has 1 fully saturated rings. The van der Waals surface area contributed by atoms with Gasteiger partial charge in [0.2, 0.25) is 11.8 Å². The first-order valence-corrected chi connectivity index (χ1v) is 9.96. The summed E-state index contributed by atoms with van der Waals surface area (Å²) in [4.78, 5) is 26.1. The number of nitrogens with one attached hydrogen (secondary N) is 2. The fourth-order valence-corrected chi connectivity index (χ4v) is 3.37. The molecular formula is C23H25F2N3O2. The summed E-state index contributed by atoms with van der Waals surface area (Å²) >= 11 is 0. The van der Waals surface area contributed by atoms with E-state index in [9.17, 15) is 18.4 Å². The number of piperidine rings is 1. The average Bonchev–Trinajstić information content (AvgIpc) is 2.75. The van der Waals surface area contributed by atoms with Crippen molar-refractivity contribution in [2.75, 3.05) is 19.6 Å². The zero-order valence-electron chi connectivity index (χ0n) is 16.6. The molecule has 2 N–H and O–H groups in total. The van der Waals surface area contributed by atoms with E-state index in [1.165, 1.54) is 12.1 Å². The Balaban J connectivity index is 1.35. The van der Waals surface area contributed by atoms with Gasteiger partial charge in [0, 0.05) is 31.8 Å². The van der Waals surface area contributed by atoms with Crippen LogP contribution in [0, 0.1) is 11.6 Å². The van der Waals surface area contributed by atoms with Crippen molar-refractivity contribution in [1.82, 2.24) is 15.5 Å². The molecule has 7 heteroatoms. The van der Waals surface area contributed by atoms with Gasteiger partial charge in [-0.05, 0) is 42.2 Å². The van der Waals surface area contributed by atoms with Crippen LogP contribution in [0.5, 0.6) is 0 Å². The number of nitrogens with zero attached hydrogens (tertiary/aromatic N) is 1. The van der Waals surface area contributed by atoms with Gasteiger partial charge in [0.15, 0.2) is 11.6 Å². The SMILES string of the molecule is O=C(/C=C/c1ccccc1)NCC(=O)NC1CCN(Cc2ccc(F)c(F)c2)CC1. The van der Waals surface area contributed by atoms with Crippen LogP contribution in [-0.2, 0) is 16.1 Å². The van der Waals surface area contributed by atoms with Gasteiger partial charge in [-0.3, -0.25) is 14.5 Å². The number of carbonyl (C=O) groups excluding carboxylic acids is 2. The zero-order chi connectivity index (χ0) is 21.3. The number of carbonyl (C=O) groups is 2. The van der Waals surface area contributed by atoms with Gasteiger partial charge < -0.3 is 10.6 Å². The molecule has 0 atom stereocenters. The van der Waals surface area contributed by atoms with Crippen molar-refractivity contribution in [3.05, 3.63) is 77.4 Å².